The van der Waals surface area contributed by atoms with Crippen LogP contribution in [0.2, 0.25) is 0 Å². The first kappa shape index (κ1) is 19.2. The van der Waals surface area contributed by atoms with Gasteiger partial charge in [0.1, 0.15) is 8.16 Å². The SMILES string of the molecule is CC(C)(C)C1(S)C(S)(S)C(S)(S)C(S)(S)C1(S)S. The van der Waals surface area contributed by atoms with Gasteiger partial charge in [-0.05, 0) is 5.41 Å². The number of rotatable bonds is 0. The van der Waals surface area contributed by atoms with E-state index in [1.807, 2.05) is 20.8 Å². The average molecular weight is 415 g/mol. The van der Waals surface area contributed by atoms with Crippen molar-refractivity contribution in [2.75, 3.05) is 0 Å². The molecule has 0 aromatic rings. The second-order valence-electron chi connectivity index (χ2n) is 5.65. The Bertz CT molecular complexity index is 337. The molecule has 0 bridgehead atoms. The van der Waals surface area contributed by atoms with Gasteiger partial charge >= 0.3 is 0 Å². The molecule has 0 heterocycles. The first-order chi connectivity index (χ1) is 7.50. The van der Waals surface area contributed by atoms with Crippen molar-refractivity contribution in [1.29, 1.82) is 0 Å². The van der Waals surface area contributed by atoms with Crippen molar-refractivity contribution in [2.24, 2.45) is 5.41 Å². The lowest BCUT2D eigenvalue weighted by Crippen LogP contribution is -2.59. The van der Waals surface area contributed by atoms with Crippen LogP contribution in [0.5, 0.6) is 0 Å². The zero-order valence-corrected chi connectivity index (χ0v) is 18.1. The Hall–Kier alpha value is 3.15. The van der Waals surface area contributed by atoms with Crippen molar-refractivity contribution in [3.05, 3.63) is 0 Å². The molecule has 0 nitrogen and oxygen atoms in total. The summed E-state index contributed by atoms with van der Waals surface area (Å²) in [4.78, 5) is 0. The third-order valence-electron chi connectivity index (χ3n) is 3.55. The molecule has 0 aromatic heterocycles. The fourth-order valence-electron chi connectivity index (χ4n) is 2.28. The molecule has 0 unspecified atom stereocenters. The molecule has 9 heteroatoms. The largest absolute Gasteiger partial charge is 0.167 e. The van der Waals surface area contributed by atoms with E-state index < -0.39 is 21.1 Å². The molecule has 0 amide bonds. The fraction of sp³-hybridized carbons (Fsp3) is 1.00. The molecule has 1 fully saturated rings. The van der Waals surface area contributed by atoms with Gasteiger partial charge < -0.3 is 0 Å². The lowest BCUT2D eigenvalue weighted by molar-refractivity contribution is 0.280. The molecule has 0 saturated heterocycles. The van der Waals surface area contributed by atoms with Crippen LogP contribution in [0.15, 0.2) is 0 Å². The summed E-state index contributed by atoms with van der Waals surface area (Å²) < 4.78 is -5.06. The van der Waals surface area contributed by atoms with Gasteiger partial charge in [0, 0.05) is 0 Å². The molecular formula is C9H18S9. The van der Waals surface area contributed by atoms with E-state index in [-0.39, 0.29) is 5.41 Å². The minimum absolute atomic E-state index is 0.340. The molecule has 0 aliphatic heterocycles. The summed E-state index contributed by atoms with van der Waals surface area (Å²) in [6, 6.07) is 0. The zero-order valence-electron chi connectivity index (χ0n) is 10.0. The standard InChI is InChI=1S/C9H18S9/c1-4(2,3)5(10)6(11,12)8(15,16)9(17,18)7(5,13)14/h10-18H,1-3H3. The highest BCUT2D eigenvalue weighted by Crippen LogP contribution is 2.78. The van der Waals surface area contributed by atoms with E-state index in [1.54, 1.807) is 0 Å². The van der Waals surface area contributed by atoms with Crippen LogP contribution < -0.4 is 0 Å². The summed E-state index contributed by atoms with van der Waals surface area (Å²) in [6.07, 6.45) is 0. The van der Waals surface area contributed by atoms with E-state index in [4.69, 9.17) is 12.6 Å². The highest BCUT2D eigenvalue weighted by molar-refractivity contribution is 8.16. The molecule has 0 spiro atoms. The van der Waals surface area contributed by atoms with Crippen LogP contribution in [0, 0.1) is 5.41 Å². The van der Waals surface area contributed by atoms with E-state index in [9.17, 15) is 0 Å². The molecule has 1 aliphatic rings. The Kier molecular flexibility index (Phi) is 5.14. The fourth-order valence-corrected chi connectivity index (χ4v) is 8.05. The van der Waals surface area contributed by atoms with E-state index in [2.05, 4.69) is 101 Å². The van der Waals surface area contributed by atoms with Crippen LogP contribution in [0.3, 0.4) is 0 Å². The minimum atomic E-state index is -1.07. The Morgan fingerprint density at radius 1 is 0.500 bits per heavy atom. The summed E-state index contributed by atoms with van der Waals surface area (Å²) in [6.45, 7) is 6.05. The third-order valence-corrected chi connectivity index (χ3v) is 13.1. The van der Waals surface area contributed by atoms with Crippen LogP contribution >= 0.6 is 114 Å². The molecule has 0 atom stereocenters. The quantitative estimate of drug-likeness (QED) is 0.208. The lowest BCUT2D eigenvalue weighted by Gasteiger charge is -2.53. The van der Waals surface area contributed by atoms with Gasteiger partial charge in [-0.2, -0.15) is 114 Å². The smallest absolute Gasteiger partial charge is 0.106 e. The number of thiol groups is 9. The summed E-state index contributed by atoms with van der Waals surface area (Å²) in [5, 5.41) is 0. The maximum absolute atomic E-state index is 4.85. The Morgan fingerprint density at radius 2 is 0.722 bits per heavy atom. The molecule has 0 N–H and O–H groups in total. The van der Waals surface area contributed by atoms with Gasteiger partial charge in [-0.1, -0.05) is 20.8 Å². The van der Waals surface area contributed by atoms with Crippen molar-refractivity contribution in [3.8, 4) is 0 Å². The Morgan fingerprint density at radius 3 is 0.833 bits per heavy atom. The van der Waals surface area contributed by atoms with Gasteiger partial charge in [-0.25, -0.2) is 0 Å². The van der Waals surface area contributed by atoms with Gasteiger partial charge in [0.2, 0.25) is 0 Å². The average Bonchev–Trinajstić information content (AvgIpc) is 2.16. The van der Waals surface area contributed by atoms with Crippen LogP contribution in [-0.2, 0) is 0 Å². The second kappa shape index (κ2) is 4.82. The van der Waals surface area contributed by atoms with Crippen molar-refractivity contribution >= 4 is 114 Å². The second-order valence-corrected chi connectivity index (χ2v) is 13.1. The molecule has 108 valence electrons. The molecule has 0 aromatic carbocycles. The van der Waals surface area contributed by atoms with Crippen LogP contribution in [0.1, 0.15) is 20.8 Å². The van der Waals surface area contributed by atoms with Gasteiger partial charge in [-0.3, -0.25) is 0 Å². The predicted octanol–water partition coefficient (Wildman–Crippen LogP) is 3.94. The van der Waals surface area contributed by atoms with Crippen molar-refractivity contribution in [1.82, 2.24) is 0 Å². The van der Waals surface area contributed by atoms with Crippen LogP contribution in [0.25, 0.3) is 0 Å². The first-order valence-electron chi connectivity index (χ1n) is 5.01. The van der Waals surface area contributed by atoms with Crippen LogP contribution in [0.4, 0.5) is 0 Å². The monoisotopic (exact) mass is 414 g/mol. The summed E-state index contributed by atoms with van der Waals surface area (Å²) >= 11 is 41.9. The van der Waals surface area contributed by atoms with Gasteiger partial charge in [0.25, 0.3) is 0 Å². The summed E-state index contributed by atoms with van der Waals surface area (Å²) in [5.41, 5.74) is -0.340. The number of hydrogen-bond acceptors (Lipinski definition) is 9. The van der Waals surface area contributed by atoms with Gasteiger partial charge in [-0.15, -0.1) is 0 Å². The van der Waals surface area contributed by atoms with E-state index >= 15 is 0 Å². The maximum atomic E-state index is 4.85. The predicted molar refractivity (Wildman–Crippen MR) is 114 cm³/mol. The molecule has 1 saturated carbocycles. The Balaban J connectivity index is 3.75. The van der Waals surface area contributed by atoms with Gasteiger partial charge in [0.15, 0.2) is 0 Å². The van der Waals surface area contributed by atoms with E-state index in [0.717, 1.165) is 0 Å². The van der Waals surface area contributed by atoms with Crippen LogP contribution in [-0.4, -0.2) is 21.1 Å². The maximum Gasteiger partial charge on any atom is 0.106 e. The molecule has 1 aliphatic carbocycles. The third kappa shape index (κ3) is 1.93. The normalized spacial score (nSPS) is 31.3. The molecule has 18 heavy (non-hydrogen) atoms. The van der Waals surface area contributed by atoms with Crippen molar-refractivity contribution < 1.29 is 0 Å². The molecule has 0 radical (unpaired) electrons. The highest BCUT2D eigenvalue weighted by Gasteiger charge is 2.82. The first-order valence-corrected chi connectivity index (χ1v) is 9.04. The zero-order chi connectivity index (χ0) is 15.0. The number of hydrogen-bond donors (Lipinski definition) is 9. The van der Waals surface area contributed by atoms with E-state index in [0.29, 0.717) is 0 Å². The summed E-state index contributed by atoms with van der Waals surface area (Å²) in [5.74, 6) is 0. The van der Waals surface area contributed by atoms with Crippen molar-refractivity contribution in [3.63, 3.8) is 0 Å². The highest BCUT2D eigenvalue weighted by atomic mass is 32.2. The topological polar surface area (TPSA) is 0 Å². The Labute approximate surface area is 159 Å². The van der Waals surface area contributed by atoms with Gasteiger partial charge in [0.05, 0.1) is 12.9 Å². The molecular weight excluding hydrogens is 397 g/mol. The van der Waals surface area contributed by atoms with E-state index in [1.165, 1.54) is 0 Å². The minimum Gasteiger partial charge on any atom is -0.167 e. The van der Waals surface area contributed by atoms with Crippen molar-refractivity contribution in [2.45, 2.75) is 41.8 Å². The summed E-state index contributed by atoms with van der Waals surface area (Å²) in [7, 11) is 0. The lowest BCUT2D eigenvalue weighted by atomic mass is 9.77. The molecule has 1 rings (SSSR count).